The zero-order valence-corrected chi connectivity index (χ0v) is 14.5. The number of hydrogen-bond acceptors (Lipinski definition) is 4. The lowest BCUT2D eigenvalue weighted by Gasteiger charge is -2.24. The van der Waals surface area contributed by atoms with E-state index in [1.165, 1.54) is 30.5 Å². The number of nitrogens with one attached hydrogen (secondary N) is 2. The van der Waals surface area contributed by atoms with Crippen LogP contribution in [0.5, 0.6) is 0 Å². The minimum absolute atomic E-state index is 0.0438. The van der Waals surface area contributed by atoms with E-state index >= 15 is 0 Å². The van der Waals surface area contributed by atoms with Gasteiger partial charge in [0.1, 0.15) is 22.9 Å². The van der Waals surface area contributed by atoms with Crippen LogP contribution in [-0.2, 0) is 4.79 Å². The first-order valence-electron chi connectivity index (χ1n) is 8.44. The molecule has 0 saturated carbocycles. The van der Waals surface area contributed by atoms with Gasteiger partial charge in [-0.3, -0.25) is 4.79 Å². The number of fused-ring (bicyclic) bond motifs is 1. The first-order valence-corrected chi connectivity index (χ1v) is 8.44. The minimum atomic E-state index is -1.14. The van der Waals surface area contributed by atoms with Crippen molar-refractivity contribution in [2.75, 3.05) is 10.6 Å². The third-order valence-electron chi connectivity index (χ3n) is 4.35. The lowest BCUT2D eigenvalue weighted by Crippen LogP contribution is -2.25. The fourth-order valence-electron chi connectivity index (χ4n) is 3.01. The molecule has 3 aromatic rings. The number of carboxylic acids is 1. The Bertz CT molecular complexity index is 1070. The summed E-state index contributed by atoms with van der Waals surface area (Å²) >= 11 is 0. The Hall–Kier alpha value is -3.94. The number of hydrogen-bond donors (Lipinski definition) is 3. The maximum Gasteiger partial charge on any atom is 0.352 e. The van der Waals surface area contributed by atoms with Gasteiger partial charge in [0.15, 0.2) is 0 Å². The first-order chi connectivity index (χ1) is 13.5. The van der Waals surface area contributed by atoms with Crippen molar-refractivity contribution < 1.29 is 19.1 Å². The van der Waals surface area contributed by atoms with Crippen molar-refractivity contribution in [3.8, 4) is 0 Å². The maximum atomic E-state index is 13.0. The zero-order valence-electron chi connectivity index (χ0n) is 14.5. The number of aliphatic carboxylic acids is 1. The average Bonchev–Trinajstić information content (AvgIpc) is 3.14. The number of benzene rings is 2. The van der Waals surface area contributed by atoms with Crippen LogP contribution in [0.4, 0.5) is 15.9 Å². The quantitative estimate of drug-likeness (QED) is 0.648. The number of carboxylic acid groups (broad SMARTS) is 1. The molecule has 0 spiro atoms. The average molecular weight is 378 g/mol. The Kier molecular flexibility index (Phi) is 4.36. The van der Waals surface area contributed by atoms with E-state index in [1.807, 2.05) is 30.3 Å². The molecule has 1 atom stereocenters. The van der Waals surface area contributed by atoms with Crippen molar-refractivity contribution in [1.82, 2.24) is 9.78 Å². The Morgan fingerprint density at radius 2 is 1.82 bits per heavy atom. The van der Waals surface area contributed by atoms with Crippen LogP contribution in [0.15, 0.2) is 72.6 Å². The van der Waals surface area contributed by atoms with Crippen molar-refractivity contribution in [2.24, 2.45) is 0 Å². The number of amides is 1. The molecule has 4 rings (SSSR count). The minimum Gasteiger partial charge on any atom is -0.477 e. The van der Waals surface area contributed by atoms with Gasteiger partial charge in [-0.25, -0.2) is 13.9 Å². The summed E-state index contributed by atoms with van der Waals surface area (Å²) in [6.07, 6.45) is 2.91. The molecule has 1 aliphatic heterocycles. The Morgan fingerprint density at radius 1 is 1.11 bits per heavy atom. The summed E-state index contributed by atoms with van der Waals surface area (Å²) in [6.45, 7) is 0. The van der Waals surface area contributed by atoms with Crippen LogP contribution in [0.1, 0.15) is 22.0 Å². The van der Waals surface area contributed by atoms with Crippen molar-refractivity contribution in [2.45, 2.75) is 6.04 Å². The third-order valence-corrected chi connectivity index (χ3v) is 4.35. The molecule has 0 saturated heterocycles. The predicted octanol–water partition coefficient (Wildman–Crippen LogP) is 3.26. The predicted molar refractivity (Wildman–Crippen MR) is 101 cm³/mol. The summed E-state index contributed by atoms with van der Waals surface area (Å²) in [7, 11) is 0. The van der Waals surface area contributed by atoms with Gasteiger partial charge >= 0.3 is 5.97 Å². The fraction of sp³-hybridized carbons (Fsp3) is 0.0500. The topological polar surface area (TPSA) is 96.2 Å². The summed E-state index contributed by atoms with van der Waals surface area (Å²) in [4.78, 5) is 24.3. The normalized spacial score (nSPS) is 15.2. The molecule has 0 aliphatic carbocycles. The molecule has 3 N–H and O–H groups in total. The smallest absolute Gasteiger partial charge is 0.352 e. The Balaban J connectivity index is 1.70. The van der Waals surface area contributed by atoms with E-state index in [2.05, 4.69) is 15.7 Å². The molecule has 8 heteroatoms. The molecule has 0 radical (unpaired) electrons. The second kappa shape index (κ2) is 6.99. The summed E-state index contributed by atoms with van der Waals surface area (Å²) in [6, 6.07) is 14.1. The van der Waals surface area contributed by atoms with Gasteiger partial charge in [0, 0.05) is 5.69 Å². The van der Waals surface area contributed by atoms with E-state index in [-0.39, 0.29) is 17.1 Å². The molecule has 2 heterocycles. The lowest BCUT2D eigenvalue weighted by molar-refractivity contribution is -0.132. The van der Waals surface area contributed by atoms with Crippen molar-refractivity contribution >= 4 is 23.4 Å². The van der Waals surface area contributed by atoms with Gasteiger partial charge in [-0.15, -0.1) is 0 Å². The standard InChI is InChI=1S/C20H15FN4O3/c21-13-6-8-14(9-7-13)23-19(26)15-11-22-25-17(12-4-2-1-3-5-12)10-16(20(27)28)24-18(15)25/h1-11,17,24H,(H,23,26)(H,27,28)/t17-/m0/s1. The number of rotatable bonds is 4. The lowest BCUT2D eigenvalue weighted by atomic mass is 10.0. The molecule has 0 unspecified atom stereocenters. The zero-order chi connectivity index (χ0) is 19.7. The highest BCUT2D eigenvalue weighted by molar-refractivity contribution is 6.08. The second-order valence-corrected chi connectivity index (χ2v) is 6.18. The van der Waals surface area contributed by atoms with Crippen LogP contribution in [0, 0.1) is 5.82 Å². The van der Waals surface area contributed by atoms with Gasteiger partial charge in [0.25, 0.3) is 5.91 Å². The first kappa shape index (κ1) is 17.5. The van der Waals surface area contributed by atoms with Gasteiger partial charge in [0.2, 0.25) is 0 Å². The molecule has 140 valence electrons. The van der Waals surface area contributed by atoms with Gasteiger partial charge in [-0.1, -0.05) is 30.3 Å². The molecular formula is C20H15FN4O3. The molecule has 1 aliphatic rings. The summed E-state index contributed by atoms with van der Waals surface area (Å²) < 4.78 is 14.6. The molecular weight excluding hydrogens is 363 g/mol. The number of carbonyl (C=O) groups excluding carboxylic acids is 1. The van der Waals surface area contributed by atoms with Crippen molar-refractivity contribution in [1.29, 1.82) is 0 Å². The van der Waals surface area contributed by atoms with E-state index in [0.29, 0.717) is 5.69 Å². The van der Waals surface area contributed by atoms with Crippen LogP contribution in [0.3, 0.4) is 0 Å². The highest BCUT2D eigenvalue weighted by Gasteiger charge is 2.29. The molecule has 2 aromatic carbocycles. The number of aromatic nitrogens is 2. The molecule has 28 heavy (non-hydrogen) atoms. The third kappa shape index (κ3) is 3.23. The number of allylic oxidation sites excluding steroid dienone is 1. The van der Waals surface area contributed by atoms with E-state index in [0.717, 1.165) is 5.56 Å². The summed E-state index contributed by atoms with van der Waals surface area (Å²) in [5, 5.41) is 19.2. The van der Waals surface area contributed by atoms with Gasteiger partial charge < -0.3 is 15.7 Å². The van der Waals surface area contributed by atoms with Gasteiger partial charge in [-0.2, -0.15) is 5.10 Å². The van der Waals surface area contributed by atoms with Crippen LogP contribution in [0.2, 0.25) is 0 Å². The van der Waals surface area contributed by atoms with Crippen LogP contribution in [0.25, 0.3) is 0 Å². The largest absolute Gasteiger partial charge is 0.477 e. The molecule has 0 fully saturated rings. The van der Waals surface area contributed by atoms with Crippen LogP contribution < -0.4 is 10.6 Å². The number of halogens is 1. The maximum absolute atomic E-state index is 13.0. The molecule has 0 bridgehead atoms. The number of nitrogens with zero attached hydrogens (tertiary/aromatic N) is 2. The molecule has 1 aromatic heterocycles. The second-order valence-electron chi connectivity index (χ2n) is 6.18. The van der Waals surface area contributed by atoms with E-state index < -0.39 is 23.7 Å². The highest BCUT2D eigenvalue weighted by Crippen LogP contribution is 2.32. The van der Waals surface area contributed by atoms with Crippen molar-refractivity contribution in [3.63, 3.8) is 0 Å². The number of anilines is 2. The Labute approximate surface area is 159 Å². The SMILES string of the molecule is O=C(O)C1=C[C@@H](c2ccccc2)n2ncc(C(=O)Nc3ccc(F)cc3)c2N1. The summed E-state index contributed by atoms with van der Waals surface area (Å²) in [5.41, 5.74) is 1.38. The van der Waals surface area contributed by atoms with E-state index in [1.54, 1.807) is 10.8 Å². The Morgan fingerprint density at radius 3 is 2.50 bits per heavy atom. The van der Waals surface area contributed by atoms with Gasteiger partial charge in [0.05, 0.1) is 12.2 Å². The molecule has 7 nitrogen and oxygen atoms in total. The molecule has 1 amide bonds. The van der Waals surface area contributed by atoms with Crippen LogP contribution >= 0.6 is 0 Å². The van der Waals surface area contributed by atoms with Gasteiger partial charge in [-0.05, 0) is 35.9 Å². The van der Waals surface area contributed by atoms with E-state index in [4.69, 9.17) is 0 Å². The van der Waals surface area contributed by atoms with E-state index in [9.17, 15) is 19.1 Å². The summed E-state index contributed by atoms with van der Waals surface area (Å²) in [5.74, 6) is -1.77. The highest BCUT2D eigenvalue weighted by atomic mass is 19.1. The van der Waals surface area contributed by atoms with Crippen LogP contribution in [-0.4, -0.2) is 26.8 Å². The fourth-order valence-corrected chi connectivity index (χ4v) is 3.01. The van der Waals surface area contributed by atoms with Crippen molar-refractivity contribution in [3.05, 3.63) is 89.5 Å². The monoisotopic (exact) mass is 378 g/mol. The number of carbonyl (C=O) groups is 2.